The standard InChI is InChI=1S/C21H25N3O3S2/c1-15-4-3-5-19(16(15)2)23-9-11-24(12-10-23)29(26,27)17-6-7-20-18(14-17)22-21(25)8-13-28-20/h3-7,14H,8-13H2,1-2H3,(H,22,25). The number of nitrogens with one attached hydrogen (secondary N) is 1. The maximum Gasteiger partial charge on any atom is 0.243 e. The number of carbonyl (C=O) groups excluding carboxylic acids is 1. The highest BCUT2D eigenvalue weighted by atomic mass is 32.2. The Bertz CT molecular complexity index is 1050. The highest BCUT2D eigenvalue weighted by Gasteiger charge is 2.30. The molecule has 1 N–H and O–H groups in total. The Kier molecular flexibility index (Phi) is 5.59. The van der Waals surface area contributed by atoms with E-state index in [1.54, 1.807) is 34.3 Å². The monoisotopic (exact) mass is 431 g/mol. The number of anilines is 2. The predicted octanol–water partition coefficient (Wildman–Crippen LogP) is 3.25. The number of rotatable bonds is 3. The van der Waals surface area contributed by atoms with Gasteiger partial charge < -0.3 is 10.2 Å². The SMILES string of the molecule is Cc1cccc(N2CCN(S(=O)(=O)c3ccc4c(c3)NC(=O)CCS4)CC2)c1C. The van der Waals surface area contributed by atoms with Crippen molar-refractivity contribution in [3.05, 3.63) is 47.5 Å². The molecule has 0 unspecified atom stereocenters. The molecule has 0 aromatic heterocycles. The molecule has 2 aliphatic rings. The van der Waals surface area contributed by atoms with Crippen molar-refractivity contribution in [1.82, 2.24) is 4.31 Å². The second-order valence-corrected chi connectivity index (χ2v) is 10.5. The number of thioether (sulfide) groups is 1. The van der Waals surface area contributed by atoms with Crippen LogP contribution in [0.15, 0.2) is 46.2 Å². The number of fused-ring (bicyclic) bond motifs is 1. The lowest BCUT2D eigenvalue weighted by atomic mass is 10.1. The van der Waals surface area contributed by atoms with Gasteiger partial charge in [-0.15, -0.1) is 11.8 Å². The molecule has 2 aromatic carbocycles. The van der Waals surface area contributed by atoms with Crippen LogP contribution in [-0.2, 0) is 14.8 Å². The van der Waals surface area contributed by atoms with E-state index in [1.165, 1.54) is 16.8 Å². The molecule has 1 saturated heterocycles. The first-order chi connectivity index (χ1) is 13.9. The fourth-order valence-corrected chi connectivity index (χ4v) is 6.14. The average molecular weight is 432 g/mol. The molecule has 2 aliphatic heterocycles. The molecule has 0 bridgehead atoms. The number of hydrogen-bond acceptors (Lipinski definition) is 5. The third-order valence-corrected chi connectivity index (χ3v) is 8.57. The van der Waals surface area contributed by atoms with Crippen LogP contribution in [0.1, 0.15) is 17.5 Å². The summed E-state index contributed by atoms with van der Waals surface area (Å²) in [5, 5.41) is 2.83. The summed E-state index contributed by atoms with van der Waals surface area (Å²) in [5.74, 6) is 0.624. The average Bonchev–Trinajstić information content (AvgIpc) is 2.90. The van der Waals surface area contributed by atoms with Crippen molar-refractivity contribution in [3.63, 3.8) is 0 Å². The molecule has 2 heterocycles. The summed E-state index contributed by atoms with van der Waals surface area (Å²) in [5.41, 5.74) is 4.24. The first-order valence-corrected chi connectivity index (χ1v) is 12.2. The Morgan fingerprint density at radius 2 is 1.79 bits per heavy atom. The molecule has 29 heavy (non-hydrogen) atoms. The van der Waals surface area contributed by atoms with Gasteiger partial charge in [0.2, 0.25) is 15.9 Å². The van der Waals surface area contributed by atoms with Gasteiger partial charge in [0.1, 0.15) is 0 Å². The molecule has 154 valence electrons. The second-order valence-electron chi connectivity index (χ2n) is 7.41. The molecular formula is C21H25N3O3S2. The summed E-state index contributed by atoms with van der Waals surface area (Å²) in [7, 11) is -3.60. The summed E-state index contributed by atoms with van der Waals surface area (Å²) in [6.07, 6.45) is 0.432. The minimum Gasteiger partial charge on any atom is -0.369 e. The van der Waals surface area contributed by atoms with Crippen molar-refractivity contribution >= 4 is 39.1 Å². The van der Waals surface area contributed by atoms with Gasteiger partial charge >= 0.3 is 0 Å². The Morgan fingerprint density at radius 1 is 1.03 bits per heavy atom. The van der Waals surface area contributed by atoms with Crippen molar-refractivity contribution < 1.29 is 13.2 Å². The zero-order chi connectivity index (χ0) is 20.6. The van der Waals surface area contributed by atoms with Crippen LogP contribution >= 0.6 is 11.8 Å². The molecule has 1 fully saturated rings. The molecule has 0 atom stereocenters. The lowest BCUT2D eigenvalue weighted by Crippen LogP contribution is -2.48. The molecular weight excluding hydrogens is 406 g/mol. The summed E-state index contributed by atoms with van der Waals surface area (Å²) in [4.78, 5) is 15.2. The van der Waals surface area contributed by atoms with Crippen LogP contribution in [-0.4, -0.2) is 50.6 Å². The van der Waals surface area contributed by atoms with Crippen molar-refractivity contribution in [2.75, 3.05) is 42.1 Å². The molecule has 2 aromatic rings. The first kappa shape index (κ1) is 20.3. The molecule has 1 amide bonds. The van der Waals surface area contributed by atoms with Crippen LogP contribution in [0.4, 0.5) is 11.4 Å². The first-order valence-electron chi connectivity index (χ1n) is 9.74. The van der Waals surface area contributed by atoms with Crippen LogP contribution in [0.3, 0.4) is 0 Å². The van der Waals surface area contributed by atoms with Crippen LogP contribution in [0.5, 0.6) is 0 Å². The number of nitrogens with zero attached hydrogens (tertiary/aromatic N) is 2. The number of carbonyl (C=O) groups is 1. The smallest absolute Gasteiger partial charge is 0.243 e. The van der Waals surface area contributed by atoms with E-state index in [-0.39, 0.29) is 10.8 Å². The number of piperazine rings is 1. The number of benzene rings is 2. The lowest BCUT2D eigenvalue weighted by molar-refractivity contribution is -0.115. The van der Waals surface area contributed by atoms with Gasteiger partial charge in [0.15, 0.2) is 0 Å². The summed E-state index contributed by atoms with van der Waals surface area (Å²) in [6.45, 7) is 6.38. The number of amides is 1. The van der Waals surface area contributed by atoms with Gasteiger partial charge in [-0.25, -0.2) is 8.42 Å². The van der Waals surface area contributed by atoms with E-state index in [4.69, 9.17) is 0 Å². The fourth-order valence-electron chi connectivity index (χ4n) is 3.76. The largest absolute Gasteiger partial charge is 0.369 e. The summed E-state index contributed by atoms with van der Waals surface area (Å²) < 4.78 is 27.9. The van der Waals surface area contributed by atoms with Crippen LogP contribution in [0, 0.1) is 13.8 Å². The topological polar surface area (TPSA) is 69.7 Å². The third-order valence-electron chi connectivity index (χ3n) is 5.60. The van der Waals surface area contributed by atoms with Crippen LogP contribution in [0.25, 0.3) is 0 Å². The highest BCUT2D eigenvalue weighted by molar-refractivity contribution is 7.99. The summed E-state index contributed by atoms with van der Waals surface area (Å²) in [6, 6.07) is 11.3. The van der Waals surface area contributed by atoms with Gasteiger partial charge in [-0.05, 0) is 49.2 Å². The number of sulfonamides is 1. The highest BCUT2D eigenvalue weighted by Crippen LogP contribution is 2.33. The van der Waals surface area contributed by atoms with Gasteiger partial charge in [0.25, 0.3) is 0 Å². The predicted molar refractivity (Wildman–Crippen MR) is 117 cm³/mol. The minimum absolute atomic E-state index is 0.0760. The molecule has 0 saturated carbocycles. The third kappa shape index (κ3) is 4.01. The molecule has 0 radical (unpaired) electrons. The number of hydrogen-bond donors (Lipinski definition) is 1. The Labute approximate surface area is 176 Å². The number of aryl methyl sites for hydroxylation is 1. The van der Waals surface area contributed by atoms with Gasteiger partial charge in [-0.1, -0.05) is 12.1 Å². The van der Waals surface area contributed by atoms with E-state index in [0.29, 0.717) is 44.0 Å². The van der Waals surface area contributed by atoms with E-state index in [2.05, 4.69) is 36.2 Å². The second kappa shape index (κ2) is 8.01. The Morgan fingerprint density at radius 3 is 2.55 bits per heavy atom. The van der Waals surface area contributed by atoms with Gasteiger partial charge in [-0.3, -0.25) is 4.79 Å². The van der Waals surface area contributed by atoms with Crippen LogP contribution in [0.2, 0.25) is 0 Å². The molecule has 0 spiro atoms. The Balaban J connectivity index is 1.52. The fraction of sp³-hybridized carbons (Fsp3) is 0.381. The Hall–Kier alpha value is -2.03. The van der Waals surface area contributed by atoms with E-state index in [1.807, 2.05) is 6.07 Å². The lowest BCUT2D eigenvalue weighted by Gasteiger charge is -2.36. The van der Waals surface area contributed by atoms with Crippen molar-refractivity contribution in [1.29, 1.82) is 0 Å². The van der Waals surface area contributed by atoms with Crippen molar-refractivity contribution in [2.24, 2.45) is 0 Å². The molecule has 4 rings (SSSR count). The molecule has 6 nitrogen and oxygen atoms in total. The maximum atomic E-state index is 13.2. The van der Waals surface area contributed by atoms with Gasteiger partial charge in [-0.2, -0.15) is 4.31 Å². The zero-order valence-electron chi connectivity index (χ0n) is 16.6. The van der Waals surface area contributed by atoms with Crippen molar-refractivity contribution in [3.8, 4) is 0 Å². The molecule has 8 heteroatoms. The zero-order valence-corrected chi connectivity index (χ0v) is 18.3. The van der Waals surface area contributed by atoms with E-state index in [0.717, 1.165) is 4.90 Å². The van der Waals surface area contributed by atoms with E-state index < -0.39 is 10.0 Å². The summed E-state index contributed by atoms with van der Waals surface area (Å²) >= 11 is 1.57. The van der Waals surface area contributed by atoms with Gasteiger partial charge in [0, 0.05) is 48.9 Å². The normalized spacial score (nSPS) is 18.1. The van der Waals surface area contributed by atoms with Gasteiger partial charge in [0.05, 0.1) is 10.6 Å². The van der Waals surface area contributed by atoms with Crippen molar-refractivity contribution in [2.45, 2.75) is 30.1 Å². The molecule has 0 aliphatic carbocycles. The van der Waals surface area contributed by atoms with E-state index >= 15 is 0 Å². The van der Waals surface area contributed by atoms with Crippen LogP contribution < -0.4 is 10.2 Å². The maximum absolute atomic E-state index is 13.2. The van der Waals surface area contributed by atoms with E-state index in [9.17, 15) is 13.2 Å². The minimum atomic E-state index is -3.60. The quantitative estimate of drug-likeness (QED) is 0.808.